The summed E-state index contributed by atoms with van der Waals surface area (Å²) in [4.78, 5) is 0. The minimum absolute atomic E-state index is 0.272. The molecule has 1 unspecified atom stereocenters. The minimum atomic E-state index is -0.565. The lowest BCUT2D eigenvalue weighted by molar-refractivity contribution is 0.313. The van der Waals surface area contributed by atoms with Gasteiger partial charge in [0.15, 0.2) is 0 Å². The summed E-state index contributed by atoms with van der Waals surface area (Å²) < 4.78 is 27.2. The van der Waals surface area contributed by atoms with Gasteiger partial charge in [0.2, 0.25) is 0 Å². The number of benzene rings is 1. The van der Waals surface area contributed by atoms with Gasteiger partial charge in [-0.15, -0.1) is 0 Å². The molecule has 2 rings (SSSR count). The van der Waals surface area contributed by atoms with Gasteiger partial charge in [0.05, 0.1) is 10.2 Å². The van der Waals surface area contributed by atoms with Crippen molar-refractivity contribution >= 4 is 21.6 Å². The van der Waals surface area contributed by atoms with Gasteiger partial charge in [-0.1, -0.05) is 20.3 Å². The molecule has 1 saturated carbocycles. The molecule has 1 aliphatic carbocycles. The van der Waals surface area contributed by atoms with Crippen LogP contribution in [0.1, 0.15) is 46.0 Å². The normalized spacial score (nSPS) is 22.9. The Hall–Kier alpha value is -0.640. The third-order valence-electron chi connectivity index (χ3n) is 3.95. The lowest BCUT2D eigenvalue weighted by Gasteiger charge is -2.22. The van der Waals surface area contributed by atoms with E-state index in [1.54, 1.807) is 0 Å². The van der Waals surface area contributed by atoms with Crippen LogP contribution in [0.2, 0.25) is 0 Å². The molecule has 1 fully saturated rings. The highest BCUT2D eigenvalue weighted by molar-refractivity contribution is 9.10. The van der Waals surface area contributed by atoms with Crippen molar-refractivity contribution in [2.24, 2.45) is 5.41 Å². The lowest BCUT2D eigenvalue weighted by Crippen LogP contribution is -2.20. The highest BCUT2D eigenvalue weighted by Crippen LogP contribution is 2.35. The van der Waals surface area contributed by atoms with E-state index >= 15 is 0 Å². The van der Waals surface area contributed by atoms with Gasteiger partial charge in [-0.25, -0.2) is 8.78 Å². The summed E-state index contributed by atoms with van der Waals surface area (Å²) in [7, 11) is 0. The van der Waals surface area contributed by atoms with Gasteiger partial charge in [0, 0.05) is 12.1 Å². The maximum Gasteiger partial charge on any atom is 0.149 e. The molecular formula is C15H20BrF2N. The number of halogens is 3. The molecule has 1 nitrogen and oxygen atoms in total. The summed E-state index contributed by atoms with van der Waals surface area (Å²) in [5.74, 6) is -1.09. The molecule has 106 valence electrons. The fraction of sp³-hybridized carbons (Fsp3) is 0.600. The van der Waals surface area contributed by atoms with Gasteiger partial charge < -0.3 is 5.32 Å². The Balaban J connectivity index is 2.07. The van der Waals surface area contributed by atoms with Gasteiger partial charge in [-0.05, 0) is 53.1 Å². The first-order valence-electron chi connectivity index (χ1n) is 6.78. The Morgan fingerprint density at radius 3 is 2.63 bits per heavy atom. The molecule has 0 bridgehead atoms. The van der Waals surface area contributed by atoms with Gasteiger partial charge in [0.1, 0.15) is 11.6 Å². The van der Waals surface area contributed by atoms with Crippen molar-refractivity contribution in [1.29, 1.82) is 0 Å². The largest absolute Gasteiger partial charge is 0.380 e. The van der Waals surface area contributed by atoms with Crippen molar-refractivity contribution in [1.82, 2.24) is 0 Å². The van der Waals surface area contributed by atoms with Gasteiger partial charge >= 0.3 is 0 Å². The molecule has 4 heteroatoms. The van der Waals surface area contributed by atoms with Crippen LogP contribution in [0.3, 0.4) is 0 Å². The SMILES string of the molecule is CC1(C)CCCC(Nc2cc(Br)c(F)cc2F)CC1. The Morgan fingerprint density at radius 1 is 1.16 bits per heavy atom. The van der Waals surface area contributed by atoms with E-state index in [0.717, 1.165) is 31.7 Å². The molecule has 0 radical (unpaired) electrons. The number of hydrogen-bond donors (Lipinski definition) is 1. The molecule has 0 amide bonds. The zero-order valence-electron chi connectivity index (χ0n) is 11.4. The maximum atomic E-state index is 13.7. The number of nitrogens with one attached hydrogen (secondary N) is 1. The second kappa shape index (κ2) is 5.78. The molecule has 1 aromatic rings. The van der Waals surface area contributed by atoms with E-state index in [1.165, 1.54) is 12.5 Å². The zero-order valence-corrected chi connectivity index (χ0v) is 13.0. The van der Waals surface area contributed by atoms with Crippen molar-refractivity contribution in [3.8, 4) is 0 Å². The highest BCUT2D eigenvalue weighted by atomic mass is 79.9. The molecule has 1 N–H and O–H groups in total. The Bertz CT molecular complexity index is 460. The molecule has 0 spiro atoms. The van der Waals surface area contributed by atoms with Crippen LogP contribution in [0.25, 0.3) is 0 Å². The van der Waals surface area contributed by atoms with E-state index < -0.39 is 11.6 Å². The molecule has 1 aromatic carbocycles. The molecular weight excluding hydrogens is 312 g/mol. The van der Waals surface area contributed by atoms with Crippen LogP contribution in [-0.4, -0.2) is 6.04 Å². The van der Waals surface area contributed by atoms with E-state index in [9.17, 15) is 8.78 Å². The Kier molecular flexibility index (Phi) is 4.49. The molecule has 1 atom stereocenters. The summed E-state index contributed by atoms with van der Waals surface area (Å²) >= 11 is 3.10. The average Bonchev–Trinajstić information content (AvgIpc) is 2.48. The van der Waals surface area contributed by atoms with Gasteiger partial charge in [0.25, 0.3) is 0 Å². The minimum Gasteiger partial charge on any atom is -0.380 e. The summed E-state index contributed by atoms with van der Waals surface area (Å²) in [5.41, 5.74) is 0.760. The topological polar surface area (TPSA) is 12.0 Å². The third kappa shape index (κ3) is 3.91. The highest BCUT2D eigenvalue weighted by Gasteiger charge is 2.24. The monoisotopic (exact) mass is 331 g/mol. The van der Waals surface area contributed by atoms with E-state index in [4.69, 9.17) is 0 Å². The van der Waals surface area contributed by atoms with E-state index in [0.29, 0.717) is 15.6 Å². The van der Waals surface area contributed by atoms with Crippen molar-refractivity contribution in [3.05, 3.63) is 28.2 Å². The van der Waals surface area contributed by atoms with Crippen LogP contribution in [0.15, 0.2) is 16.6 Å². The molecule has 0 saturated heterocycles. The van der Waals surface area contributed by atoms with Crippen LogP contribution < -0.4 is 5.32 Å². The first-order chi connectivity index (χ1) is 8.87. The van der Waals surface area contributed by atoms with E-state index in [-0.39, 0.29) is 6.04 Å². The van der Waals surface area contributed by atoms with Crippen molar-refractivity contribution in [3.63, 3.8) is 0 Å². The van der Waals surface area contributed by atoms with E-state index in [1.807, 2.05) is 0 Å². The predicted octanol–water partition coefficient (Wildman–Crippen LogP) is 5.50. The smallest absolute Gasteiger partial charge is 0.149 e. The average molecular weight is 332 g/mol. The van der Waals surface area contributed by atoms with Crippen LogP contribution in [0.4, 0.5) is 14.5 Å². The van der Waals surface area contributed by atoms with Crippen LogP contribution in [0.5, 0.6) is 0 Å². The van der Waals surface area contributed by atoms with Crippen molar-refractivity contribution < 1.29 is 8.78 Å². The van der Waals surface area contributed by atoms with Gasteiger partial charge in [-0.3, -0.25) is 0 Å². The Morgan fingerprint density at radius 2 is 1.89 bits per heavy atom. The molecule has 19 heavy (non-hydrogen) atoms. The van der Waals surface area contributed by atoms with Crippen LogP contribution >= 0.6 is 15.9 Å². The second-order valence-corrected chi connectivity index (χ2v) is 7.04. The fourth-order valence-corrected chi connectivity index (χ4v) is 3.00. The molecule has 1 aliphatic rings. The quantitative estimate of drug-likeness (QED) is 0.557. The molecule has 0 heterocycles. The first kappa shape index (κ1) is 14.8. The summed E-state index contributed by atoms with van der Waals surface area (Å²) in [5, 5.41) is 3.22. The van der Waals surface area contributed by atoms with Gasteiger partial charge in [-0.2, -0.15) is 0 Å². The van der Waals surface area contributed by atoms with Crippen LogP contribution in [-0.2, 0) is 0 Å². The number of hydrogen-bond acceptors (Lipinski definition) is 1. The maximum absolute atomic E-state index is 13.7. The zero-order chi connectivity index (χ0) is 14.0. The summed E-state index contributed by atoms with van der Waals surface area (Å²) in [6, 6.07) is 2.68. The van der Waals surface area contributed by atoms with E-state index in [2.05, 4.69) is 35.1 Å². The van der Waals surface area contributed by atoms with Crippen molar-refractivity contribution in [2.75, 3.05) is 5.32 Å². The first-order valence-corrected chi connectivity index (χ1v) is 7.58. The summed E-state index contributed by atoms with van der Waals surface area (Å²) in [6.45, 7) is 4.56. The molecule has 0 aromatic heterocycles. The standard InChI is InChI=1S/C15H20BrF2N/c1-15(2)6-3-4-10(5-7-15)19-14-8-11(16)12(17)9-13(14)18/h8-10,19H,3-7H2,1-2H3. The van der Waals surface area contributed by atoms with Crippen molar-refractivity contribution in [2.45, 2.75) is 52.0 Å². The third-order valence-corrected chi connectivity index (χ3v) is 4.55. The second-order valence-electron chi connectivity index (χ2n) is 6.18. The summed E-state index contributed by atoms with van der Waals surface area (Å²) in [6.07, 6.45) is 5.56. The molecule has 0 aliphatic heterocycles. The predicted molar refractivity (Wildman–Crippen MR) is 78.3 cm³/mol. The number of rotatable bonds is 2. The Labute approximate surface area is 121 Å². The lowest BCUT2D eigenvalue weighted by atomic mass is 9.85. The number of anilines is 1. The fourth-order valence-electron chi connectivity index (χ4n) is 2.66. The van der Waals surface area contributed by atoms with Crippen LogP contribution in [0, 0.1) is 17.0 Å².